The summed E-state index contributed by atoms with van der Waals surface area (Å²) in [4.78, 5) is 27.4. The molecule has 0 unspecified atom stereocenters. The molecule has 3 N–H and O–H groups in total. The Bertz CT molecular complexity index is 2050. The van der Waals surface area contributed by atoms with Gasteiger partial charge in [0.2, 0.25) is 5.91 Å². The lowest BCUT2D eigenvalue weighted by atomic mass is 9.95. The third-order valence-electron chi connectivity index (χ3n) is 8.40. The number of carbonyl (C=O) groups excluding carboxylic acids is 1. The van der Waals surface area contributed by atoms with Crippen molar-refractivity contribution in [3.63, 3.8) is 0 Å². The molecule has 4 aromatic heterocycles. The quantitative estimate of drug-likeness (QED) is 0.164. The molecule has 0 aliphatic carbocycles. The van der Waals surface area contributed by atoms with E-state index in [2.05, 4.69) is 35.4 Å². The van der Waals surface area contributed by atoms with Gasteiger partial charge in [-0.1, -0.05) is 32.9 Å². The summed E-state index contributed by atoms with van der Waals surface area (Å²) < 4.78 is 20.8. The van der Waals surface area contributed by atoms with E-state index in [4.69, 9.17) is 4.74 Å². The highest BCUT2D eigenvalue weighted by Gasteiger charge is 2.22. The second kappa shape index (κ2) is 12.0. The van der Waals surface area contributed by atoms with Gasteiger partial charge in [0.1, 0.15) is 23.9 Å². The van der Waals surface area contributed by atoms with Crippen LogP contribution < -0.4 is 10.1 Å². The summed E-state index contributed by atoms with van der Waals surface area (Å²) >= 11 is 0. The van der Waals surface area contributed by atoms with Crippen molar-refractivity contribution < 1.29 is 13.9 Å². The average Bonchev–Trinajstić information content (AvgIpc) is 3.80. The van der Waals surface area contributed by atoms with Crippen molar-refractivity contribution in [1.82, 2.24) is 30.0 Å². The number of fused-ring (bicyclic) bond motifs is 2. The van der Waals surface area contributed by atoms with E-state index >= 15 is 0 Å². The molecule has 1 fully saturated rings. The molecule has 9 nitrogen and oxygen atoms in total. The Labute approximate surface area is 266 Å². The molecule has 0 atom stereocenters. The average molecular weight is 618 g/mol. The number of carbonyl (C=O) groups is 1. The lowest BCUT2D eigenvalue weighted by Crippen LogP contribution is -2.27. The molecule has 10 heteroatoms. The number of pyridine rings is 2. The first kappa shape index (κ1) is 29.6. The third kappa shape index (κ3) is 6.08. The zero-order chi connectivity index (χ0) is 31.8. The molecule has 0 radical (unpaired) electrons. The van der Waals surface area contributed by atoms with E-state index in [0.29, 0.717) is 29.4 Å². The molecule has 6 aromatic rings. The molecule has 46 heavy (non-hydrogen) atoms. The van der Waals surface area contributed by atoms with E-state index < -0.39 is 5.41 Å². The number of hydrogen-bond acceptors (Lipinski definition) is 6. The van der Waals surface area contributed by atoms with Crippen LogP contribution in [0.4, 0.5) is 10.1 Å². The molecule has 0 saturated carbocycles. The Morgan fingerprint density at radius 3 is 2.63 bits per heavy atom. The fraction of sp³-hybridized carbons (Fsp3) is 0.278. The third-order valence-corrected chi connectivity index (χ3v) is 8.40. The van der Waals surface area contributed by atoms with E-state index in [1.807, 2.05) is 63.2 Å². The van der Waals surface area contributed by atoms with Crippen LogP contribution in [-0.2, 0) is 4.79 Å². The van der Waals surface area contributed by atoms with E-state index in [-0.39, 0.29) is 11.7 Å². The van der Waals surface area contributed by atoms with Crippen LogP contribution in [0.5, 0.6) is 5.75 Å². The van der Waals surface area contributed by atoms with E-state index in [0.717, 1.165) is 63.9 Å². The Kier molecular flexibility index (Phi) is 7.74. The van der Waals surface area contributed by atoms with Crippen molar-refractivity contribution in [2.45, 2.75) is 33.6 Å². The Balaban J connectivity index is 1.19. The van der Waals surface area contributed by atoms with Crippen molar-refractivity contribution in [3.8, 4) is 39.4 Å². The minimum absolute atomic E-state index is 0.0881. The summed E-state index contributed by atoms with van der Waals surface area (Å²) in [7, 11) is 0. The number of benzene rings is 2. The Morgan fingerprint density at radius 1 is 0.978 bits per heavy atom. The van der Waals surface area contributed by atoms with E-state index in [9.17, 15) is 9.18 Å². The molecule has 1 aliphatic heterocycles. The highest BCUT2D eigenvalue weighted by Crippen LogP contribution is 2.36. The van der Waals surface area contributed by atoms with Crippen LogP contribution in [0.15, 0.2) is 73.2 Å². The monoisotopic (exact) mass is 617 g/mol. The molecular weight excluding hydrogens is 581 g/mol. The minimum atomic E-state index is -0.528. The van der Waals surface area contributed by atoms with Crippen molar-refractivity contribution in [1.29, 1.82) is 0 Å². The number of hydrogen-bond donors (Lipinski definition) is 3. The topological polar surface area (TPSA) is 112 Å². The summed E-state index contributed by atoms with van der Waals surface area (Å²) in [6, 6.07) is 16.8. The van der Waals surface area contributed by atoms with Gasteiger partial charge >= 0.3 is 0 Å². The molecule has 234 valence electrons. The zero-order valence-corrected chi connectivity index (χ0v) is 26.2. The van der Waals surface area contributed by atoms with Gasteiger partial charge in [0, 0.05) is 57.8 Å². The molecule has 2 aromatic carbocycles. The van der Waals surface area contributed by atoms with Crippen LogP contribution in [0.3, 0.4) is 0 Å². The molecule has 0 bridgehead atoms. The maximum atomic E-state index is 14.8. The summed E-state index contributed by atoms with van der Waals surface area (Å²) in [6.07, 6.45) is 7.58. The lowest BCUT2D eigenvalue weighted by Gasteiger charge is -2.17. The number of nitrogens with zero attached hydrogens (tertiary/aromatic N) is 4. The van der Waals surface area contributed by atoms with Gasteiger partial charge in [-0.25, -0.2) is 9.37 Å². The first-order valence-electron chi connectivity index (χ1n) is 15.6. The Morgan fingerprint density at radius 2 is 1.80 bits per heavy atom. The number of ether oxygens (including phenoxy) is 1. The van der Waals surface area contributed by atoms with Crippen LogP contribution in [0.1, 0.15) is 33.6 Å². The van der Waals surface area contributed by atoms with E-state index in [1.165, 1.54) is 18.9 Å². The van der Waals surface area contributed by atoms with Gasteiger partial charge in [-0.05, 0) is 73.5 Å². The molecular formula is C36H36FN7O2. The number of aromatic nitrogens is 5. The van der Waals surface area contributed by atoms with E-state index in [1.54, 1.807) is 24.7 Å². The van der Waals surface area contributed by atoms with Gasteiger partial charge in [-0.2, -0.15) is 5.10 Å². The summed E-state index contributed by atoms with van der Waals surface area (Å²) in [6.45, 7) is 9.16. The highest BCUT2D eigenvalue weighted by atomic mass is 19.1. The van der Waals surface area contributed by atoms with Gasteiger partial charge in [0.05, 0.1) is 17.6 Å². The first-order chi connectivity index (χ1) is 22.2. The summed E-state index contributed by atoms with van der Waals surface area (Å²) in [5.74, 6) is 0.0973. The molecule has 1 aliphatic rings. The summed E-state index contributed by atoms with van der Waals surface area (Å²) in [5, 5.41) is 12.4. The van der Waals surface area contributed by atoms with Crippen molar-refractivity contribution >= 4 is 33.5 Å². The fourth-order valence-corrected chi connectivity index (χ4v) is 5.89. The second-order valence-electron chi connectivity index (χ2n) is 12.9. The number of likely N-dealkylation sites (tertiary alicyclic amines) is 1. The standard InChI is InChI=1S/C36H36FN7O2/c1-36(2,3)35(45)40-26-14-23(19-38-21-26)24-16-30-33(42-43-34(30)39-20-24)32-18-29-28(7-6-8-31(29)41-32)22-13-25(37)17-27(15-22)46-12-11-44-9-4-5-10-44/h6-8,13-21,41H,4-5,9-12H2,1-3H3,(H,40,45)(H,39,42,43). The van der Waals surface area contributed by atoms with Crippen molar-refractivity contribution in [2.24, 2.45) is 5.41 Å². The number of amides is 1. The van der Waals surface area contributed by atoms with Gasteiger partial charge < -0.3 is 15.0 Å². The number of halogens is 1. The first-order valence-corrected chi connectivity index (χ1v) is 15.6. The second-order valence-corrected chi connectivity index (χ2v) is 12.9. The SMILES string of the molecule is CC(C)(C)C(=O)Nc1cncc(-c2cnc3[nH]nc(-c4cc5c(-c6cc(F)cc(OCCN7CCCC7)c6)cccc5[nH]4)c3c2)c1. The van der Waals surface area contributed by atoms with Gasteiger partial charge in [0.15, 0.2) is 5.65 Å². The van der Waals surface area contributed by atoms with Crippen molar-refractivity contribution in [2.75, 3.05) is 31.6 Å². The molecule has 1 amide bonds. The van der Waals surface area contributed by atoms with Gasteiger partial charge in [-0.3, -0.25) is 19.8 Å². The number of aromatic amines is 2. The maximum Gasteiger partial charge on any atom is 0.229 e. The number of H-pyrrole nitrogens is 2. The van der Waals surface area contributed by atoms with Crippen LogP contribution in [0.25, 0.3) is 55.6 Å². The maximum absolute atomic E-state index is 14.8. The van der Waals surface area contributed by atoms with Crippen LogP contribution in [0, 0.1) is 11.2 Å². The number of rotatable bonds is 8. The van der Waals surface area contributed by atoms with Crippen molar-refractivity contribution in [3.05, 3.63) is 79.0 Å². The molecule has 0 spiro atoms. The molecule has 1 saturated heterocycles. The number of nitrogens with one attached hydrogen (secondary N) is 3. The minimum Gasteiger partial charge on any atom is -0.492 e. The predicted octanol–water partition coefficient (Wildman–Crippen LogP) is 7.43. The lowest BCUT2D eigenvalue weighted by molar-refractivity contribution is -0.123. The zero-order valence-electron chi connectivity index (χ0n) is 26.2. The normalized spacial score (nSPS) is 13.9. The Hall–Kier alpha value is -5.09. The largest absolute Gasteiger partial charge is 0.492 e. The fourth-order valence-electron chi connectivity index (χ4n) is 5.89. The molecule has 7 rings (SSSR count). The smallest absolute Gasteiger partial charge is 0.229 e. The molecule has 5 heterocycles. The highest BCUT2D eigenvalue weighted by molar-refractivity contribution is 6.01. The number of anilines is 1. The summed E-state index contributed by atoms with van der Waals surface area (Å²) in [5.41, 5.74) is 6.43. The predicted molar refractivity (Wildman–Crippen MR) is 179 cm³/mol. The van der Waals surface area contributed by atoms with Crippen LogP contribution in [-0.4, -0.2) is 62.2 Å². The van der Waals surface area contributed by atoms with Crippen LogP contribution in [0.2, 0.25) is 0 Å². The van der Waals surface area contributed by atoms with Crippen LogP contribution >= 0.6 is 0 Å². The van der Waals surface area contributed by atoms with Gasteiger partial charge in [-0.15, -0.1) is 0 Å². The van der Waals surface area contributed by atoms with Gasteiger partial charge in [0.25, 0.3) is 0 Å².